The van der Waals surface area contributed by atoms with Crippen molar-refractivity contribution < 1.29 is 18.4 Å². The van der Waals surface area contributed by atoms with Crippen LogP contribution >= 0.6 is 0 Å². The van der Waals surface area contributed by atoms with Crippen molar-refractivity contribution in [1.29, 1.82) is 0 Å². The molecule has 0 spiro atoms. The van der Waals surface area contributed by atoms with Crippen LogP contribution in [0.4, 0.5) is 14.5 Å². The second-order valence-electron chi connectivity index (χ2n) is 8.87. The summed E-state index contributed by atoms with van der Waals surface area (Å²) in [5.74, 6) is -3.83. The van der Waals surface area contributed by atoms with Gasteiger partial charge in [-0.1, -0.05) is 18.2 Å². The van der Waals surface area contributed by atoms with Gasteiger partial charge in [0.15, 0.2) is 0 Å². The third-order valence-electron chi connectivity index (χ3n) is 6.33. The molecular weight excluding hydrogens is 464 g/mol. The first kappa shape index (κ1) is 25.1. The Morgan fingerprint density at radius 2 is 1.86 bits per heavy atom. The van der Waals surface area contributed by atoms with Crippen LogP contribution < -0.4 is 10.6 Å². The number of allylic oxidation sites excluding steroid dienone is 6. The number of aliphatic imine (C=N–C) groups is 1. The summed E-state index contributed by atoms with van der Waals surface area (Å²) >= 11 is 0. The predicted molar refractivity (Wildman–Crippen MR) is 137 cm³/mol. The summed E-state index contributed by atoms with van der Waals surface area (Å²) in [4.78, 5) is 32.0. The molecule has 36 heavy (non-hydrogen) atoms. The second-order valence-corrected chi connectivity index (χ2v) is 8.87. The lowest BCUT2D eigenvalue weighted by atomic mass is 10.0. The lowest BCUT2D eigenvalue weighted by molar-refractivity contribution is -0.131. The van der Waals surface area contributed by atoms with E-state index < -0.39 is 11.8 Å². The minimum absolute atomic E-state index is 0.0218. The standard InChI is InChI=1S/C27H29F2N5O2/c1-27(28,29)23-18-21(26(36)31-19-30)8-10-24(23)33-13-15-34(16-14-33)25(35)17-20-5-4-6-22(9-7-20)32-11-2-3-12-32/h2-12,18-20H,13-17H2,1H3,(H2,30,31,36). The van der Waals surface area contributed by atoms with E-state index in [0.29, 0.717) is 38.3 Å². The molecule has 1 aliphatic heterocycles. The molecule has 1 unspecified atom stereocenters. The molecule has 9 heteroatoms. The topological polar surface area (TPSA) is 83.9 Å². The van der Waals surface area contributed by atoms with Gasteiger partial charge in [0.05, 0.1) is 6.34 Å². The Hall–Kier alpha value is -4.01. The van der Waals surface area contributed by atoms with Gasteiger partial charge >= 0.3 is 0 Å². The Balaban J connectivity index is 1.39. The largest absolute Gasteiger partial charge is 0.390 e. The van der Waals surface area contributed by atoms with Crippen LogP contribution in [0.5, 0.6) is 0 Å². The fourth-order valence-corrected chi connectivity index (χ4v) is 4.42. The van der Waals surface area contributed by atoms with Crippen LogP contribution in [-0.4, -0.2) is 53.8 Å². The first-order valence-corrected chi connectivity index (χ1v) is 11.8. The SMILES string of the molecule is CC(F)(F)c1cc(C(=O)N=CN)ccc1N1CCN(C(=O)CC2C=CC=C(n3cccc3)C=C2)CC1. The molecule has 1 fully saturated rings. The van der Waals surface area contributed by atoms with Gasteiger partial charge < -0.3 is 20.1 Å². The number of nitrogens with two attached hydrogens (primary N) is 1. The number of anilines is 1. The van der Waals surface area contributed by atoms with Gasteiger partial charge in [-0.05, 0) is 42.5 Å². The van der Waals surface area contributed by atoms with E-state index in [4.69, 9.17) is 5.73 Å². The van der Waals surface area contributed by atoms with Gasteiger partial charge in [-0.3, -0.25) is 9.59 Å². The smallest absolute Gasteiger partial charge is 0.278 e. The zero-order valence-electron chi connectivity index (χ0n) is 20.1. The lowest BCUT2D eigenvalue weighted by Crippen LogP contribution is -2.49. The monoisotopic (exact) mass is 493 g/mol. The maximum Gasteiger partial charge on any atom is 0.278 e. The molecule has 2 heterocycles. The molecular formula is C27H29F2N5O2. The van der Waals surface area contributed by atoms with E-state index in [1.807, 2.05) is 64.4 Å². The van der Waals surface area contributed by atoms with Gasteiger partial charge in [-0.2, -0.15) is 4.99 Å². The Morgan fingerprint density at radius 1 is 1.14 bits per heavy atom. The van der Waals surface area contributed by atoms with Gasteiger partial charge in [0, 0.05) is 80.3 Å². The van der Waals surface area contributed by atoms with E-state index >= 15 is 0 Å². The Bertz CT molecular complexity index is 1220. The molecule has 1 aromatic carbocycles. The van der Waals surface area contributed by atoms with E-state index in [-0.39, 0.29) is 23.0 Å². The van der Waals surface area contributed by atoms with Crippen LogP contribution in [0.3, 0.4) is 0 Å². The molecule has 2 amide bonds. The van der Waals surface area contributed by atoms with Crippen LogP contribution in [0.2, 0.25) is 0 Å². The highest BCUT2D eigenvalue weighted by Crippen LogP contribution is 2.36. The summed E-state index contributed by atoms with van der Waals surface area (Å²) in [6.07, 6.45) is 15.1. The van der Waals surface area contributed by atoms with Crippen molar-refractivity contribution in [2.75, 3.05) is 31.1 Å². The van der Waals surface area contributed by atoms with Crippen molar-refractivity contribution in [2.24, 2.45) is 16.6 Å². The van der Waals surface area contributed by atoms with Gasteiger partial charge in [-0.15, -0.1) is 0 Å². The second kappa shape index (κ2) is 10.7. The van der Waals surface area contributed by atoms with Crippen LogP contribution in [-0.2, 0) is 10.7 Å². The molecule has 4 rings (SSSR count). The molecule has 2 aromatic rings. The molecule has 1 saturated heterocycles. The van der Waals surface area contributed by atoms with E-state index in [9.17, 15) is 18.4 Å². The highest BCUT2D eigenvalue weighted by Gasteiger charge is 2.32. The number of rotatable bonds is 6. The average molecular weight is 494 g/mol. The van der Waals surface area contributed by atoms with E-state index in [1.165, 1.54) is 18.2 Å². The molecule has 1 aromatic heterocycles. The first-order valence-electron chi connectivity index (χ1n) is 11.8. The van der Waals surface area contributed by atoms with Gasteiger partial charge in [0.2, 0.25) is 5.91 Å². The van der Waals surface area contributed by atoms with Crippen LogP contribution in [0, 0.1) is 5.92 Å². The fraction of sp³-hybridized carbons (Fsp3) is 0.296. The number of piperazine rings is 1. The van der Waals surface area contributed by atoms with Gasteiger partial charge in [-0.25, -0.2) is 8.78 Å². The van der Waals surface area contributed by atoms with Gasteiger partial charge in [0.1, 0.15) is 0 Å². The van der Waals surface area contributed by atoms with Crippen molar-refractivity contribution in [3.8, 4) is 0 Å². The molecule has 0 bridgehead atoms. The highest BCUT2D eigenvalue weighted by molar-refractivity contribution is 5.99. The molecule has 7 nitrogen and oxygen atoms in total. The van der Waals surface area contributed by atoms with Gasteiger partial charge in [0.25, 0.3) is 11.8 Å². The zero-order chi connectivity index (χ0) is 25.7. The molecule has 188 valence electrons. The summed E-state index contributed by atoms with van der Waals surface area (Å²) in [5, 5.41) is 0. The number of carbonyl (C=O) groups excluding carboxylic acids is 2. The zero-order valence-corrected chi connectivity index (χ0v) is 20.1. The third-order valence-corrected chi connectivity index (χ3v) is 6.33. The number of aromatic nitrogens is 1. The molecule has 0 saturated carbocycles. The lowest BCUT2D eigenvalue weighted by Gasteiger charge is -2.38. The van der Waals surface area contributed by atoms with E-state index in [2.05, 4.69) is 4.99 Å². The number of alkyl halides is 2. The van der Waals surface area contributed by atoms with Crippen molar-refractivity contribution in [3.63, 3.8) is 0 Å². The normalized spacial score (nSPS) is 18.4. The fourth-order valence-electron chi connectivity index (χ4n) is 4.42. The molecule has 0 radical (unpaired) electrons. The summed E-state index contributed by atoms with van der Waals surface area (Å²) in [6.45, 7) is 2.49. The summed E-state index contributed by atoms with van der Waals surface area (Å²) < 4.78 is 30.9. The van der Waals surface area contributed by atoms with Crippen molar-refractivity contribution in [2.45, 2.75) is 19.3 Å². The summed E-state index contributed by atoms with van der Waals surface area (Å²) in [5.41, 5.74) is 6.32. The first-order chi connectivity index (χ1) is 17.3. The molecule has 1 atom stereocenters. The summed E-state index contributed by atoms with van der Waals surface area (Å²) in [7, 11) is 0. The molecule has 2 aliphatic rings. The number of halogens is 2. The highest BCUT2D eigenvalue weighted by atomic mass is 19.3. The van der Waals surface area contributed by atoms with Crippen LogP contribution in [0.1, 0.15) is 29.3 Å². The minimum atomic E-state index is -3.16. The number of benzene rings is 1. The number of amides is 2. The van der Waals surface area contributed by atoms with Crippen LogP contribution in [0.25, 0.3) is 5.70 Å². The minimum Gasteiger partial charge on any atom is -0.390 e. The Kier molecular flexibility index (Phi) is 7.47. The number of hydrogen-bond donors (Lipinski definition) is 1. The van der Waals surface area contributed by atoms with Crippen molar-refractivity contribution in [3.05, 3.63) is 84.2 Å². The summed E-state index contributed by atoms with van der Waals surface area (Å²) in [6, 6.07) is 8.07. The quantitative estimate of drug-likeness (QED) is 0.486. The molecule has 2 N–H and O–H groups in total. The van der Waals surface area contributed by atoms with Crippen LogP contribution in [0.15, 0.2) is 78.1 Å². The van der Waals surface area contributed by atoms with E-state index in [1.54, 1.807) is 4.90 Å². The molecule has 1 aliphatic carbocycles. The van der Waals surface area contributed by atoms with Crippen molar-refractivity contribution >= 4 is 29.5 Å². The number of nitrogens with zero attached hydrogens (tertiary/aromatic N) is 4. The predicted octanol–water partition coefficient (Wildman–Crippen LogP) is 4.05. The maximum absolute atomic E-state index is 14.4. The Labute approximate surface area is 208 Å². The average Bonchev–Trinajstić information content (AvgIpc) is 3.30. The Morgan fingerprint density at radius 3 is 2.53 bits per heavy atom. The van der Waals surface area contributed by atoms with E-state index in [0.717, 1.165) is 19.0 Å². The van der Waals surface area contributed by atoms with Crippen molar-refractivity contribution in [1.82, 2.24) is 9.47 Å². The number of carbonyl (C=O) groups is 2. The maximum atomic E-state index is 14.4. The third kappa shape index (κ3) is 5.79. The number of hydrogen-bond acceptors (Lipinski definition) is 3.